The Morgan fingerprint density at radius 2 is 1.91 bits per heavy atom. The number of hydrogen-bond acceptors (Lipinski definition) is 6. The molecule has 0 saturated carbocycles. The van der Waals surface area contributed by atoms with Crippen LogP contribution in [0.4, 0.5) is 0 Å². The van der Waals surface area contributed by atoms with Crippen molar-refractivity contribution in [2.75, 3.05) is 12.3 Å². The van der Waals surface area contributed by atoms with E-state index in [2.05, 4.69) is 10.1 Å². The highest BCUT2D eigenvalue weighted by atomic mass is 32.2. The fourth-order valence-corrected chi connectivity index (χ4v) is 5.39. The van der Waals surface area contributed by atoms with Gasteiger partial charge in [0.25, 0.3) is 0 Å². The fourth-order valence-electron chi connectivity index (χ4n) is 4.05. The van der Waals surface area contributed by atoms with Gasteiger partial charge in [0.1, 0.15) is 0 Å². The molecule has 0 spiro atoms. The van der Waals surface area contributed by atoms with Crippen molar-refractivity contribution in [2.45, 2.75) is 43.0 Å². The maximum atomic E-state index is 12.4. The molecule has 8 nitrogen and oxygen atoms in total. The molecule has 9 heteroatoms. The molecule has 1 aromatic heterocycles. The lowest BCUT2D eigenvalue weighted by atomic mass is 10.1. The van der Waals surface area contributed by atoms with Gasteiger partial charge in [0.2, 0.25) is 11.7 Å². The Balaban J connectivity index is 1.33. The Labute approximate surface area is 187 Å². The standard InChI is InChI=1S/C23H27N5O3S/c24-23(25)28-14-4-7-19(28)16-21-26-22(27-31-21)18-12-10-17(11-13-18)6-5-15-32(29,30)20-8-2-1-3-9-20/h1-3,8-13,19H,4-7,14-16H2,(H3,24,25)/t19-/m0/s1. The first kappa shape index (κ1) is 22.0. The summed E-state index contributed by atoms with van der Waals surface area (Å²) in [7, 11) is -3.26. The first-order valence-electron chi connectivity index (χ1n) is 10.7. The van der Waals surface area contributed by atoms with Gasteiger partial charge in [-0.25, -0.2) is 8.42 Å². The Kier molecular flexibility index (Phi) is 6.55. The second-order valence-corrected chi connectivity index (χ2v) is 10.1. The summed E-state index contributed by atoms with van der Waals surface area (Å²) in [6.07, 6.45) is 3.75. The summed E-state index contributed by atoms with van der Waals surface area (Å²) in [6.45, 7) is 0.787. The van der Waals surface area contributed by atoms with Crippen LogP contribution in [0.25, 0.3) is 11.4 Å². The molecule has 2 aromatic carbocycles. The minimum absolute atomic E-state index is 0.0828. The van der Waals surface area contributed by atoms with Crippen LogP contribution in [0, 0.1) is 5.41 Å². The van der Waals surface area contributed by atoms with E-state index in [-0.39, 0.29) is 17.8 Å². The Bertz CT molecular complexity index is 1160. The van der Waals surface area contributed by atoms with Crippen molar-refractivity contribution < 1.29 is 12.9 Å². The molecule has 0 aliphatic carbocycles. The quantitative estimate of drug-likeness (QED) is 0.396. The number of aryl methyl sites for hydroxylation is 1. The van der Waals surface area contributed by atoms with Crippen LogP contribution in [-0.4, -0.2) is 47.8 Å². The lowest BCUT2D eigenvalue weighted by molar-refractivity contribution is 0.320. The largest absolute Gasteiger partial charge is 0.370 e. The third-order valence-electron chi connectivity index (χ3n) is 5.76. The number of nitrogens with one attached hydrogen (secondary N) is 1. The average molecular weight is 454 g/mol. The second-order valence-electron chi connectivity index (χ2n) is 8.02. The van der Waals surface area contributed by atoms with Crippen molar-refractivity contribution in [1.29, 1.82) is 5.41 Å². The van der Waals surface area contributed by atoms with Crippen molar-refractivity contribution in [3.63, 3.8) is 0 Å². The van der Waals surface area contributed by atoms with Crippen LogP contribution in [0.5, 0.6) is 0 Å². The Morgan fingerprint density at radius 3 is 2.62 bits per heavy atom. The van der Waals surface area contributed by atoms with E-state index >= 15 is 0 Å². The van der Waals surface area contributed by atoms with Gasteiger partial charge in [-0.15, -0.1) is 0 Å². The van der Waals surface area contributed by atoms with Gasteiger partial charge in [0, 0.05) is 24.6 Å². The molecule has 0 bridgehead atoms. The number of aromatic nitrogens is 2. The summed E-state index contributed by atoms with van der Waals surface area (Å²) in [4.78, 5) is 6.74. The van der Waals surface area contributed by atoms with Crippen LogP contribution in [0.15, 0.2) is 64.0 Å². The molecule has 3 N–H and O–H groups in total. The number of nitrogens with zero attached hydrogens (tertiary/aromatic N) is 3. The molecule has 2 heterocycles. The summed E-state index contributed by atoms with van der Waals surface area (Å²) in [5.41, 5.74) is 7.55. The second kappa shape index (κ2) is 9.52. The van der Waals surface area contributed by atoms with Crippen molar-refractivity contribution in [1.82, 2.24) is 15.0 Å². The van der Waals surface area contributed by atoms with Crippen molar-refractivity contribution in [3.05, 3.63) is 66.1 Å². The average Bonchev–Trinajstić information content (AvgIpc) is 3.45. The number of likely N-dealkylation sites (tertiary alicyclic amines) is 1. The highest BCUT2D eigenvalue weighted by Crippen LogP contribution is 2.22. The molecule has 168 valence electrons. The van der Waals surface area contributed by atoms with Crippen LogP contribution >= 0.6 is 0 Å². The van der Waals surface area contributed by atoms with Gasteiger partial charge in [-0.2, -0.15) is 4.98 Å². The van der Waals surface area contributed by atoms with Crippen LogP contribution in [-0.2, 0) is 22.7 Å². The van der Waals surface area contributed by atoms with E-state index in [1.807, 2.05) is 35.2 Å². The topological polar surface area (TPSA) is 126 Å². The first-order valence-corrected chi connectivity index (χ1v) is 12.4. The Hall–Kier alpha value is -3.20. The van der Waals surface area contributed by atoms with Crippen molar-refractivity contribution in [2.24, 2.45) is 5.73 Å². The highest BCUT2D eigenvalue weighted by molar-refractivity contribution is 7.91. The minimum atomic E-state index is -3.26. The van der Waals surface area contributed by atoms with Gasteiger partial charge in [-0.1, -0.05) is 47.6 Å². The van der Waals surface area contributed by atoms with Crippen LogP contribution in [0.2, 0.25) is 0 Å². The first-order chi connectivity index (χ1) is 15.4. The van der Waals surface area contributed by atoms with E-state index in [0.29, 0.717) is 35.9 Å². The summed E-state index contributed by atoms with van der Waals surface area (Å²) in [5, 5.41) is 11.8. The predicted octanol–water partition coefficient (Wildman–Crippen LogP) is 3.04. The third kappa shape index (κ3) is 5.16. The van der Waals surface area contributed by atoms with Crippen LogP contribution in [0.3, 0.4) is 0 Å². The normalized spacial score (nSPS) is 16.4. The molecule has 1 aliphatic rings. The van der Waals surface area contributed by atoms with Crippen LogP contribution < -0.4 is 5.73 Å². The summed E-state index contributed by atoms with van der Waals surface area (Å²) >= 11 is 0. The summed E-state index contributed by atoms with van der Waals surface area (Å²) in [6, 6.07) is 16.5. The molecule has 1 atom stereocenters. The predicted molar refractivity (Wildman–Crippen MR) is 122 cm³/mol. The molecule has 0 radical (unpaired) electrons. The zero-order valence-corrected chi connectivity index (χ0v) is 18.6. The van der Waals surface area contributed by atoms with Crippen molar-refractivity contribution >= 4 is 15.8 Å². The zero-order valence-electron chi connectivity index (χ0n) is 17.8. The SMILES string of the molecule is N=C(N)N1CCC[C@H]1Cc1nc(-c2ccc(CCCS(=O)(=O)c3ccccc3)cc2)no1. The number of rotatable bonds is 8. The zero-order chi connectivity index (χ0) is 22.6. The van der Waals surface area contributed by atoms with E-state index in [1.54, 1.807) is 24.3 Å². The van der Waals surface area contributed by atoms with Gasteiger partial charge in [0.15, 0.2) is 15.8 Å². The van der Waals surface area contributed by atoms with Gasteiger partial charge in [0.05, 0.1) is 10.6 Å². The molecule has 1 saturated heterocycles. The highest BCUT2D eigenvalue weighted by Gasteiger charge is 2.27. The number of hydrogen-bond donors (Lipinski definition) is 2. The minimum Gasteiger partial charge on any atom is -0.370 e. The van der Waals surface area contributed by atoms with E-state index in [1.165, 1.54) is 0 Å². The van der Waals surface area contributed by atoms with Gasteiger partial charge in [-0.05, 0) is 43.4 Å². The molecular formula is C23H27N5O3S. The summed E-state index contributed by atoms with van der Waals surface area (Å²) in [5.74, 6) is 1.25. The molecular weight excluding hydrogens is 426 g/mol. The lowest BCUT2D eigenvalue weighted by Crippen LogP contribution is -2.41. The molecule has 1 aliphatic heterocycles. The maximum Gasteiger partial charge on any atom is 0.229 e. The van der Waals surface area contributed by atoms with Gasteiger partial charge in [-0.3, -0.25) is 5.41 Å². The van der Waals surface area contributed by atoms with Gasteiger partial charge < -0.3 is 15.2 Å². The van der Waals surface area contributed by atoms with E-state index in [4.69, 9.17) is 15.7 Å². The molecule has 1 fully saturated rings. The molecule has 0 unspecified atom stereocenters. The van der Waals surface area contributed by atoms with Crippen LogP contribution in [0.1, 0.15) is 30.7 Å². The monoisotopic (exact) mass is 453 g/mol. The van der Waals surface area contributed by atoms with Crippen molar-refractivity contribution in [3.8, 4) is 11.4 Å². The maximum absolute atomic E-state index is 12.4. The number of nitrogens with two attached hydrogens (primary N) is 1. The smallest absolute Gasteiger partial charge is 0.229 e. The number of guanidine groups is 1. The molecule has 32 heavy (non-hydrogen) atoms. The summed E-state index contributed by atoms with van der Waals surface area (Å²) < 4.78 is 30.2. The number of sulfone groups is 1. The van der Waals surface area contributed by atoms with E-state index in [0.717, 1.165) is 30.5 Å². The van der Waals surface area contributed by atoms with Gasteiger partial charge >= 0.3 is 0 Å². The lowest BCUT2D eigenvalue weighted by Gasteiger charge is -2.23. The molecule has 0 amide bonds. The molecule has 4 rings (SSSR count). The van der Waals surface area contributed by atoms with E-state index < -0.39 is 9.84 Å². The Morgan fingerprint density at radius 1 is 1.16 bits per heavy atom. The third-order valence-corrected chi connectivity index (χ3v) is 7.57. The number of benzene rings is 2. The van der Waals surface area contributed by atoms with E-state index in [9.17, 15) is 8.42 Å². The molecule has 3 aromatic rings. The fraction of sp³-hybridized carbons (Fsp3) is 0.348.